The van der Waals surface area contributed by atoms with Crippen molar-refractivity contribution in [1.82, 2.24) is 5.01 Å². The molecule has 0 saturated carbocycles. The van der Waals surface area contributed by atoms with E-state index >= 15 is 0 Å². The van der Waals surface area contributed by atoms with Crippen LogP contribution in [0.25, 0.3) is 6.08 Å². The topological polar surface area (TPSA) is 77.4 Å². The SMILES string of the molecule is COc1ccc(/C=C2\C(=O)N(C(=O)COc3ccc(Cl)cc3)N=C2C)cc1OC. The van der Waals surface area contributed by atoms with Crippen molar-refractivity contribution in [1.29, 1.82) is 0 Å². The summed E-state index contributed by atoms with van der Waals surface area (Å²) >= 11 is 5.82. The Balaban J connectivity index is 1.73. The smallest absolute Gasteiger partial charge is 0.288 e. The van der Waals surface area contributed by atoms with Gasteiger partial charge in [-0.15, -0.1) is 0 Å². The van der Waals surface area contributed by atoms with Gasteiger partial charge >= 0.3 is 0 Å². The third kappa shape index (κ3) is 4.57. The zero-order valence-corrected chi connectivity index (χ0v) is 16.9. The Hall–Kier alpha value is -3.32. The lowest BCUT2D eigenvalue weighted by Crippen LogP contribution is -2.33. The second kappa shape index (κ2) is 8.79. The molecule has 0 N–H and O–H groups in total. The van der Waals surface area contributed by atoms with E-state index in [0.29, 0.717) is 39.1 Å². The number of hydrogen-bond acceptors (Lipinski definition) is 6. The number of carbonyl (C=O) groups is 2. The van der Waals surface area contributed by atoms with Crippen molar-refractivity contribution < 1.29 is 23.8 Å². The van der Waals surface area contributed by atoms with Gasteiger partial charge in [-0.1, -0.05) is 17.7 Å². The Morgan fingerprint density at radius 3 is 2.45 bits per heavy atom. The summed E-state index contributed by atoms with van der Waals surface area (Å²) in [6.07, 6.45) is 1.65. The molecule has 3 rings (SSSR count). The highest BCUT2D eigenvalue weighted by Gasteiger charge is 2.32. The van der Waals surface area contributed by atoms with E-state index in [4.69, 9.17) is 25.8 Å². The summed E-state index contributed by atoms with van der Waals surface area (Å²) in [4.78, 5) is 25.1. The third-order valence-corrected chi connectivity index (χ3v) is 4.45. The number of rotatable bonds is 6. The number of hydrazone groups is 1. The lowest BCUT2D eigenvalue weighted by Gasteiger charge is -2.11. The molecule has 1 heterocycles. The second-order valence-electron chi connectivity index (χ2n) is 6.11. The fourth-order valence-corrected chi connectivity index (χ4v) is 2.83. The summed E-state index contributed by atoms with van der Waals surface area (Å²) in [5.41, 5.74) is 1.47. The van der Waals surface area contributed by atoms with Crippen LogP contribution in [0, 0.1) is 0 Å². The van der Waals surface area contributed by atoms with Gasteiger partial charge in [0.05, 0.1) is 25.5 Å². The first-order chi connectivity index (χ1) is 13.9. The number of ether oxygens (including phenoxy) is 3. The maximum absolute atomic E-state index is 12.7. The summed E-state index contributed by atoms with van der Waals surface area (Å²) in [6, 6.07) is 11.8. The third-order valence-electron chi connectivity index (χ3n) is 4.19. The first kappa shape index (κ1) is 20.4. The Morgan fingerprint density at radius 1 is 1.10 bits per heavy atom. The molecule has 0 aliphatic carbocycles. The number of methoxy groups -OCH3 is 2. The minimum atomic E-state index is -0.569. The number of benzene rings is 2. The van der Waals surface area contributed by atoms with E-state index in [1.165, 1.54) is 7.11 Å². The molecule has 1 aliphatic heterocycles. The van der Waals surface area contributed by atoms with E-state index in [1.54, 1.807) is 62.6 Å². The maximum Gasteiger partial charge on any atom is 0.288 e. The molecule has 0 fully saturated rings. The van der Waals surface area contributed by atoms with Crippen LogP contribution < -0.4 is 14.2 Å². The van der Waals surface area contributed by atoms with Crippen molar-refractivity contribution in [3.63, 3.8) is 0 Å². The number of imide groups is 1. The standard InChI is InChI=1S/C21H19ClN2O5/c1-13-17(10-14-4-9-18(27-2)19(11-14)28-3)21(26)24(23-13)20(25)12-29-16-7-5-15(22)6-8-16/h4-11H,12H2,1-3H3/b17-10-. The number of halogens is 1. The summed E-state index contributed by atoms with van der Waals surface area (Å²) < 4.78 is 15.9. The highest BCUT2D eigenvalue weighted by molar-refractivity contribution is 6.30. The molecule has 0 aromatic heterocycles. The highest BCUT2D eigenvalue weighted by atomic mass is 35.5. The predicted molar refractivity (Wildman–Crippen MR) is 109 cm³/mol. The van der Waals surface area contributed by atoms with E-state index in [-0.39, 0.29) is 6.61 Å². The highest BCUT2D eigenvalue weighted by Crippen LogP contribution is 2.29. The van der Waals surface area contributed by atoms with Gasteiger partial charge in [-0.3, -0.25) is 9.59 Å². The van der Waals surface area contributed by atoms with Crippen molar-refractivity contribution >= 4 is 35.2 Å². The summed E-state index contributed by atoms with van der Waals surface area (Å²) in [7, 11) is 3.08. The average molecular weight is 415 g/mol. The van der Waals surface area contributed by atoms with Crippen LogP contribution in [-0.4, -0.2) is 43.4 Å². The van der Waals surface area contributed by atoms with Crippen LogP contribution in [0.4, 0.5) is 0 Å². The van der Waals surface area contributed by atoms with Gasteiger partial charge in [-0.2, -0.15) is 10.1 Å². The van der Waals surface area contributed by atoms with E-state index in [1.807, 2.05) is 0 Å². The Labute approximate surface area is 173 Å². The molecular weight excluding hydrogens is 396 g/mol. The molecule has 0 atom stereocenters. The normalized spacial score (nSPS) is 14.8. The maximum atomic E-state index is 12.7. The fraction of sp³-hybridized carbons (Fsp3) is 0.190. The Morgan fingerprint density at radius 2 is 1.79 bits per heavy atom. The van der Waals surface area contributed by atoms with Crippen molar-refractivity contribution in [2.75, 3.05) is 20.8 Å². The van der Waals surface area contributed by atoms with Gasteiger partial charge in [0.25, 0.3) is 11.8 Å². The molecule has 29 heavy (non-hydrogen) atoms. The van der Waals surface area contributed by atoms with Crippen LogP contribution in [0.3, 0.4) is 0 Å². The molecule has 0 unspecified atom stereocenters. The Bertz CT molecular complexity index is 999. The van der Waals surface area contributed by atoms with E-state index in [0.717, 1.165) is 5.01 Å². The molecule has 1 aliphatic rings. The second-order valence-corrected chi connectivity index (χ2v) is 6.55. The molecule has 7 nitrogen and oxygen atoms in total. The number of hydrogen-bond donors (Lipinski definition) is 0. The lowest BCUT2D eigenvalue weighted by molar-refractivity contribution is -0.142. The van der Waals surface area contributed by atoms with E-state index in [2.05, 4.69) is 5.10 Å². The van der Waals surface area contributed by atoms with Crippen LogP contribution in [0.15, 0.2) is 53.1 Å². The zero-order chi connectivity index (χ0) is 21.0. The van der Waals surface area contributed by atoms with Gasteiger partial charge in [0.15, 0.2) is 18.1 Å². The van der Waals surface area contributed by atoms with E-state index in [9.17, 15) is 9.59 Å². The number of nitrogens with zero attached hydrogens (tertiary/aromatic N) is 2. The monoisotopic (exact) mass is 414 g/mol. The van der Waals surface area contributed by atoms with Crippen molar-refractivity contribution in [2.24, 2.45) is 5.10 Å². The van der Waals surface area contributed by atoms with Gasteiger partial charge in [0.1, 0.15) is 5.75 Å². The molecule has 0 bridgehead atoms. The Kier molecular flexibility index (Phi) is 6.19. The van der Waals surface area contributed by atoms with Gasteiger partial charge in [0, 0.05) is 5.02 Å². The number of amides is 2. The van der Waals surface area contributed by atoms with Crippen LogP contribution in [0.1, 0.15) is 12.5 Å². The summed E-state index contributed by atoms with van der Waals surface area (Å²) in [5.74, 6) is 0.498. The van der Waals surface area contributed by atoms with Crippen LogP contribution in [-0.2, 0) is 9.59 Å². The minimum absolute atomic E-state index is 0.317. The summed E-state index contributed by atoms with van der Waals surface area (Å²) in [5, 5.41) is 5.45. The predicted octanol–water partition coefficient (Wildman–Crippen LogP) is 3.56. The van der Waals surface area contributed by atoms with Gasteiger partial charge < -0.3 is 14.2 Å². The van der Waals surface area contributed by atoms with Gasteiger partial charge in [0.2, 0.25) is 0 Å². The molecule has 2 aromatic carbocycles. The quantitative estimate of drug-likeness (QED) is 0.675. The fourth-order valence-electron chi connectivity index (χ4n) is 2.70. The van der Waals surface area contributed by atoms with Crippen LogP contribution in [0.5, 0.6) is 17.2 Å². The van der Waals surface area contributed by atoms with Crippen LogP contribution >= 0.6 is 11.6 Å². The first-order valence-corrected chi connectivity index (χ1v) is 9.05. The van der Waals surface area contributed by atoms with Crippen molar-refractivity contribution in [2.45, 2.75) is 6.92 Å². The molecule has 2 amide bonds. The molecule has 2 aromatic rings. The van der Waals surface area contributed by atoms with Gasteiger partial charge in [-0.05, 0) is 55.0 Å². The minimum Gasteiger partial charge on any atom is -0.493 e. The zero-order valence-electron chi connectivity index (χ0n) is 16.1. The lowest BCUT2D eigenvalue weighted by atomic mass is 10.1. The molecule has 0 saturated heterocycles. The molecule has 0 spiro atoms. The van der Waals surface area contributed by atoms with Gasteiger partial charge in [-0.25, -0.2) is 0 Å². The molecule has 8 heteroatoms. The largest absolute Gasteiger partial charge is 0.493 e. The van der Waals surface area contributed by atoms with Crippen molar-refractivity contribution in [3.05, 3.63) is 58.6 Å². The summed E-state index contributed by atoms with van der Waals surface area (Å²) in [6.45, 7) is 1.34. The number of carbonyl (C=O) groups excluding carboxylic acids is 2. The first-order valence-electron chi connectivity index (χ1n) is 8.68. The van der Waals surface area contributed by atoms with Crippen LogP contribution in [0.2, 0.25) is 5.02 Å². The average Bonchev–Trinajstić information content (AvgIpc) is 3.01. The molecule has 0 radical (unpaired) electrons. The molecule has 150 valence electrons. The molecular formula is C21H19ClN2O5. The van der Waals surface area contributed by atoms with Crippen molar-refractivity contribution in [3.8, 4) is 17.2 Å². The van der Waals surface area contributed by atoms with E-state index < -0.39 is 11.8 Å².